The zero-order chi connectivity index (χ0) is 15.2. The van der Waals surface area contributed by atoms with E-state index in [1.165, 1.54) is 12.1 Å². The van der Waals surface area contributed by atoms with Crippen LogP contribution in [-0.2, 0) is 4.74 Å². The van der Waals surface area contributed by atoms with E-state index in [4.69, 9.17) is 9.84 Å². The molecule has 1 heterocycles. The van der Waals surface area contributed by atoms with Crippen LogP contribution in [0.3, 0.4) is 0 Å². The van der Waals surface area contributed by atoms with Crippen molar-refractivity contribution in [3.05, 3.63) is 35.1 Å². The van der Waals surface area contributed by atoms with Crippen LogP contribution in [0.15, 0.2) is 18.2 Å². The predicted molar refractivity (Wildman–Crippen MR) is 76.3 cm³/mol. The molecule has 112 valence electrons. The molecule has 0 spiro atoms. The number of halogens is 1. The van der Waals surface area contributed by atoms with Gasteiger partial charge in [-0.1, -0.05) is 11.8 Å². The quantitative estimate of drug-likeness (QED) is 0.854. The SMILES string of the molecule is COCC1CCN(C(=O)c2ccc(C#CCO)cc2F)C1. The molecular formula is C16H18FNO3. The summed E-state index contributed by atoms with van der Waals surface area (Å²) in [5, 5.41) is 8.61. The number of aliphatic hydroxyl groups is 1. The maximum absolute atomic E-state index is 14.0. The van der Waals surface area contributed by atoms with Gasteiger partial charge < -0.3 is 14.7 Å². The summed E-state index contributed by atoms with van der Waals surface area (Å²) in [5.41, 5.74) is 0.499. The first-order valence-corrected chi connectivity index (χ1v) is 6.83. The van der Waals surface area contributed by atoms with E-state index in [1.54, 1.807) is 18.1 Å². The number of ether oxygens (including phenoxy) is 1. The first kappa shape index (κ1) is 15.5. The van der Waals surface area contributed by atoms with Crippen molar-refractivity contribution in [2.24, 2.45) is 5.92 Å². The van der Waals surface area contributed by atoms with Crippen molar-refractivity contribution in [2.45, 2.75) is 6.42 Å². The number of nitrogens with zero attached hydrogens (tertiary/aromatic N) is 1. The molecule has 5 heteroatoms. The summed E-state index contributed by atoms with van der Waals surface area (Å²) in [5.74, 6) is 4.49. The summed E-state index contributed by atoms with van der Waals surface area (Å²) >= 11 is 0. The van der Waals surface area contributed by atoms with Gasteiger partial charge in [0.25, 0.3) is 5.91 Å². The molecule has 4 nitrogen and oxygen atoms in total. The van der Waals surface area contributed by atoms with Gasteiger partial charge in [0, 0.05) is 31.7 Å². The molecule has 1 aliphatic heterocycles. The molecule has 0 radical (unpaired) electrons. The lowest BCUT2D eigenvalue weighted by atomic mass is 10.1. The van der Waals surface area contributed by atoms with Gasteiger partial charge in [-0.15, -0.1) is 0 Å². The first-order chi connectivity index (χ1) is 10.2. The van der Waals surface area contributed by atoms with Crippen LogP contribution in [0.25, 0.3) is 0 Å². The molecule has 0 aromatic heterocycles. The minimum Gasteiger partial charge on any atom is -0.384 e. The van der Waals surface area contributed by atoms with Crippen LogP contribution in [0.1, 0.15) is 22.3 Å². The fourth-order valence-corrected chi connectivity index (χ4v) is 2.47. The number of methoxy groups -OCH3 is 1. The van der Waals surface area contributed by atoms with Crippen molar-refractivity contribution >= 4 is 5.91 Å². The fraction of sp³-hybridized carbons (Fsp3) is 0.438. The van der Waals surface area contributed by atoms with Gasteiger partial charge in [-0.2, -0.15) is 0 Å². The smallest absolute Gasteiger partial charge is 0.256 e. The molecule has 0 aliphatic carbocycles. The lowest BCUT2D eigenvalue weighted by Gasteiger charge is -2.17. The second-order valence-electron chi connectivity index (χ2n) is 5.02. The Balaban J connectivity index is 2.09. The molecule has 1 aromatic carbocycles. The van der Waals surface area contributed by atoms with Gasteiger partial charge in [-0.25, -0.2) is 4.39 Å². The van der Waals surface area contributed by atoms with Gasteiger partial charge in [-0.05, 0) is 24.6 Å². The number of rotatable bonds is 3. The molecular weight excluding hydrogens is 273 g/mol. The highest BCUT2D eigenvalue weighted by atomic mass is 19.1. The van der Waals surface area contributed by atoms with Crippen LogP contribution in [0.4, 0.5) is 4.39 Å². The average molecular weight is 291 g/mol. The number of amides is 1. The average Bonchev–Trinajstić information content (AvgIpc) is 2.93. The van der Waals surface area contributed by atoms with Gasteiger partial charge in [0.05, 0.1) is 12.2 Å². The van der Waals surface area contributed by atoms with Crippen molar-refractivity contribution < 1.29 is 19.0 Å². The molecule has 2 rings (SSSR count). The van der Waals surface area contributed by atoms with E-state index in [9.17, 15) is 9.18 Å². The minimum atomic E-state index is -0.583. The van der Waals surface area contributed by atoms with Crippen LogP contribution in [0.5, 0.6) is 0 Å². The number of carbonyl (C=O) groups is 1. The largest absolute Gasteiger partial charge is 0.384 e. The number of hydrogen-bond acceptors (Lipinski definition) is 3. The van der Waals surface area contributed by atoms with E-state index < -0.39 is 5.82 Å². The summed E-state index contributed by atoms with van der Waals surface area (Å²) in [6.07, 6.45) is 0.876. The lowest BCUT2D eigenvalue weighted by Crippen LogP contribution is -2.30. The third-order valence-electron chi connectivity index (χ3n) is 3.49. The van der Waals surface area contributed by atoms with Crippen LogP contribution >= 0.6 is 0 Å². The highest BCUT2D eigenvalue weighted by Gasteiger charge is 2.28. The molecule has 1 N–H and O–H groups in total. The number of benzene rings is 1. The van der Waals surface area contributed by atoms with Crippen LogP contribution in [-0.4, -0.2) is 49.3 Å². The monoisotopic (exact) mass is 291 g/mol. The summed E-state index contributed by atoms with van der Waals surface area (Å²) in [6, 6.07) is 4.25. The lowest BCUT2D eigenvalue weighted by molar-refractivity contribution is 0.0771. The Morgan fingerprint density at radius 2 is 2.38 bits per heavy atom. The maximum atomic E-state index is 14.0. The number of hydrogen-bond donors (Lipinski definition) is 1. The summed E-state index contributed by atoms with van der Waals surface area (Å²) in [7, 11) is 1.64. The normalized spacial score (nSPS) is 17.5. The molecule has 1 atom stereocenters. The van der Waals surface area contributed by atoms with E-state index in [0.717, 1.165) is 6.42 Å². The van der Waals surface area contributed by atoms with Crippen molar-refractivity contribution in [1.82, 2.24) is 4.90 Å². The minimum absolute atomic E-state index is 0.0580. The Morgan fingerprint density at radius 1 is 1.57 bits per heavy atom. The third-order valence-corrected chi connectivity index (χ3v) is 3.49. The van der Waals surface area contributed by atoms with Crippen molar-refractivity contribution in [1.29, 1.82) is 0 Å². The van der Waals surface area contributed by atoms with Gasteiger partial charge in [0.1, 0.15) is 12.4 Å². The van der Waals surface area contributed by atoms with Crippen LogP contribution in [0, 0.1) is 23.6 Å². The maximum Gasteiger partial charge on any atom is 0.256 e. The molecule has 21 heavy (non-hydrogen) atoms. The van der Waals surface area contributed by atoms with E-state index in [0.29, 0.717) is 31.2 Å². The third kappa shape index (κ3) is 3.81. The molecule has 1 unspecified atom stereocenters. The van der Waals surface area contributed by atoms with E-state index >= 15 is 0 Å². The number of likely N-dealkylation sites (tertiary alicyclic amines) is 1. The summed E-state index contributed by atoms with van der Waals surface area (Å²) in [6.45, 7) is 1.55. The van der Waals surface area contributed by atoms with Gasteiger partial charge in [0.2, 0.25) is 0 Å². The van der Waals surface area contributed by atoms with E-state index in [2.05, 4.69) is 11.8 Å². The highest BCUT2D eigenvalue weighted by molar-refractivity contribution is 5.94. The first-order valence-electron chi connectivity index (χ1n) is 6.83. The van der Waals surface area contributed by atoms with E-state index in [-0.39, 0.29) is 18.1 Å². The fourth-order valence-electron chi connectivity index (χ4n) is 2.47. The second kappa shape index (κ2) is 7.21. The van der Waals surface area contributed by atoms with Crippen LogP contribution in [0.2, 0.25) is 0 Å². The van der Waals surface area contributed by atoms with Gasteiger partial charge in [-0.3, -0.25) is 4.79 Å². The Labute approximate surface area is 123 Å². The Bertz CT molecular complexity index is 577. The van der Waals surface area contributed by atoms with Crippen molar-refractivity contribution in [3.8, 4) is 11.8 Å². The van der Waals surface area contributed by atoms with Crippen LogP contribution < -0.4 is 0 Å². The number of aliphatic hydroxyl groups excluding tert-OH is 1. The summed E-state index contributed by atoms with van der Waals surface area (Å²) < 4.78 is 19.1. The summed E-state index contributed by atoms with van der Waals surface area (Å²) in [4.78, 5) is 14.0. The van der Waals surface area contributed by atoms with Crippen molar-refractivity contribution in [2.75, 3.05) is 33.4 Å². The predicted octanol–water partition coefficient (Wildman–Crippen LogP) is 1.28. The molecule has 0 saturated carbocycles. The standard InChI is InChI=1S/C16H18FNO3/c1-21-11-13-6-7-18(10-13)16(20)14-5-4-12(3-2-8-19)9-15(14)17/h4-5,9,13,19H,6-8,10-11H2,1H3. The molecule has 1 aliphatic rings. The van der Waals surface area contributed by atoms with Crippen molar-refractivity contribution in [3.63, 3.8) is 0 Å². The molecule has 1 saturated heterocycles. The highest BCUT2D eigenvalue weighted by Crippen LogP contribution is 2.20. The Hall–Kier alpha value is -1.90. The molecule has 1 aromatic rings. The zero-order valence-corrected chi connectivity index (χ0v) is 11.9. The van der Waals surface area contributed by atoms with Gasteiger partial charge in [0.15, 0.2) is 0 Å². The van der Waals surface area contributed by atoms with E-state index in [1.807, 2.05) is 0 Å². The van der Waals surface area contributed by atoms with Gasteiger partial charge >= 0.3 is 0 Å². The zero-order valence-electron chi connectivity index (χ0n) is 11.9. The molecule has 0 bridgehead atoms. The second-order valence-corrected chi connectivity index (χ2v) is 5.02. The molecule has 1 amide bonds. The number of carbonyl (C=O) groups excluding carboxylic acids is 1. The molecule has 1 fully saturated rings. The Morgan fingerprint density at radius 3 is 3.05 bits per heavy atom. The topological polar surface area (TPSA) is 49.8 Å². The Kier molecular flexibility index (Phi) is 5.32.